The number of alkyl halides is 3. The van der Waals surface area contributed by atoms with Gasteiger partial charge in [0.15, 0.2) is 0 Å². The van der Waals surface area contributed by atoms with Crippen LogP contribution in [-0.2, 0) is 9.53 Å². The van der Waals surface area contributed by atoms with Gasteiger partial charge in [0, 0.05) is 16.5 Å². The first-order valence-corrected chi connectivity index (χ1v) is 11.2. The molecule has 0 bridgehead atoms. The van der Waals surface area contributed by atoms with E-state index in [4.69, 9.17) is 9.47 Å². The SMILES string of the molecule is CCOC(=O)[C@H](c1cccc(OC)c1)[C@@H]1C=C[C@H](NC(=O)c2ccc(SC(F)(F)F)cc2)C1. The third kappa shape index (κ3) is 6.77. The van der Waals surface area contributed by atoms with Gasteiger partial charge in [0.2, 0.25) is 0 Å². The minimum Gasteiger partial charge on any atom is -0.497 e. The van der Waals surface area contributed by atoms with Gasteiger partial charge >= 0.3 is 11.5 Å². The van der Waals surface area contributed by atoms with Gasteiger partial charge in [-0.2, -0.15) is 13.2 Å². The quantitative estimate of drug-likeness (QED) is 0.315. The Morgan fingerprint density at radius 3 is 2.52 bits per heavy atom. The van der Waals surface area contributed by atoms with E-state index in [2.05, 4.69) is 5.32 Å². The van der Waals surface area contributed by atoms with Crippen molar-refractivity contribution >= 4 is 23.6 Å². The van der Waals surface area contributed by atoms with Gasteiger partial charge in [0.25, 0.3) is 5.91 Å². The van der Waals surface area contributed by atoms with E-state index < -0.39 is 17.3 Å². The molecule has 33 heavy (non-hydrogen) atoms. The molecule has 9 heteroatoms. The molecule has 0 fully saturated rings. The topological polar surface area (TPSA) is 64.6 Å². The van der Waals surface area contributed by atoms with Crippen LogP contribution in [0.15, 0.2) is 65.6 Å². The molecule has 0 heterocycles. The molecule has 2 aromatic rings. The van der Waals surface area contributed by atoms with Gasteiger partial charge in [-0.15, -0.1) is 0 Å². The standard InChI is InChI=1S/C24H24F3NO4S/c1-3-32-23(30)21(16-5-4-6-19(14-16)31-2)17-7-10-18(13-17)28-22(29)15-8-11-20(12-9-15)33-24(25,26)27/h4-12,14,17-18,21H,3,13H2,1-2H3,(H,28,29)/t17-,18+,21-/m1/s1. The Labute approximate surface area is 194 Å². The fourth-order valence-electron chi connectivity index (χ4n) is 3.77. The van der Waals surface area contributed by atoms with Gasteiger partial charge < -0.3 is 14.8 Å². The van der Waals surface area contributed by atoms with Gasteiger partial charge in [-0.05, 0) is 73.0 Å². The highest BCUT2D eigenvalue weighted by molar-refractivity contribution is 8.00. The van der Waals surface area contributed by atoms with Crippen molar-refractivity contribution in [3.05, 3.63) is 71.8 Å². The number of nitrogens with one attached hydrogen (secondary N) is 1. The number of allylic oxidation sites excluding steroid dienone is 1. The number of ether oxygens (including phenoxy) is 2. The fraction of sp³-hybridized carbons (Fsp3) is 0.333. The zero-order valence-corrected chi connectivity index (χ0v) is 18.9. The summed E-state index contributed by atoms with van der Waals surface area (Å²) in [5.74, 6) is -0.891. The molecular formula is C24H24F3NO4S. The molecule has 0 saturated carbocycles. The molecular weight excluding hydrogens is 455 g/mol. The predicted molar refractivity (Wildman–Crippen MR) is 119 cm³/mol. The Kier molecular flexibility index (Phi) is 8.07. The van der Waals surface area contributed by atoms with E-state index in [-0.39, 0.29) is 46.8 Å². The Hall–Kier alpha value is -2.94. The van der Waals surface area contributed by atoms with E-state index in [9.17, 15) is 22.8 Å². The van der Waals surface area contributed by atoms with Crippen molar-refractivity contribution < 1.29 is 32.2 Å². The Balaban J connectivity index is 1.67. The molecule has 0 saturated heterocycles. The van der Waals surface area contributed by atoms with Crippen LogP contribution in [0.4, 0.5) is 13.2 Å². The molecule has 1 aliphatic rings. The second-order valence-corrected chi connectivity index (χ2v) is 8.58. The number of hydrogen-bond donors (Lipinski definition) is 1. The summed E-state index contributed by atoms with van der Waals surface area (Å²) in [6.45, 7) is 1.99. The lowest BCUT2D eigenvalue weighted by atomic mass is 9.85. The molecule has 5 nitrogen and oxygen atoms in total. The lowest BCUT2D eigenvalue weighted by Gasteiger charge is -2.23. The van der Waals surface area contributed by atoms with Gasteiger partial charge in [-0.1, -0.05) is 24.3 Å². The normalized spacial score (nSPS) is 18.6. The number of rotatable bonds is 8. The summed E-state index contributed by atoms with van der Waals surface area (Å²) >= 11 is -0.231. The smallest absolute Gasteiger partial charge is 0.446 e. The fourth-order valence-corrected chi connectivity index (χ4v) is 4.31. The molecule has 2 aromatic carbocycles. The van der Waals surface area contributed by atoms with Crippen molar-refractivity contribution in [2.24, 2.45) is 5.92 Å². The van der Waals surface area contributed by atoms with Crippen LogP contribution < -0.4 is 10.1 Å². The van der Waals surface area contributed by atoms with Gasteiger partial charge in [0.1, 0.15) is 5.75 Å². The van der Waals surface area contributed by atoms with E-state index in [1.54, 1.807) is 32.2 Å². The minimum absolute atomic E-state index is 0.00967. The van der Waals surface area contributed by atoms with E-state index in [0.29, 0.717) is 12.2 Å². The van der Waals surface area contributed by atoms with Crippen LogP contribution in [0.1, 0.15) is 35.2 Å². The van der Waals surface area contributed by atoms with Crippen LogP contribution in [0, 0.1) is 5.92 Å². The molecule has 1 amide bonds. The first-order chi connectivity index (χ1) is 15.7. The molecule has 0 spiro atoms. The molecule has 0 unspecified atom stereocenters. The maximum atomic E-state index is 12.7. The maximum Gasteiger partial charge on any atom is 0.446 e. The van der Waals surface area contributed by atoms with Crippen LogP contribution >= 0.6 is 11.8 Å². The van der Waals surface area contributed by atoms with Crippen LogP contribution in [0.5, 0.6) is 5.75 Å². The number of carbonyl (C=O) groups excluding carboxylic acids is 2. The zero-order valence-electron chi connectivity index (χ0n) is 18.1. The first-order valence-electron chi connectivity index (χ1n) is 10.4. The van der Waals surface area contributed by atoms with Crippen molar-refractivity contribution in [3.63, 3.8) is 0 Å². The highest BCUT2D eigenvalue weighted by Gasteiger charge is 2.34. The molecule has 3 atom stereocenters. The number of thioether (sulfide) groups is 1. The summed E-state index contributed by atoms with van der Waals surface area (Å²) < 4.78 is 48.0. The maximum absolute atomic E-state index is 12.7. The van der Waals surface area contributed by atoms with E-state index in [1.165, 1.54) is 24.3 Å². The van der Waals surface area contributed by atoms with Gasteiger partial charge in [-0.25, -0.2) is 0 Å². The average Bonchev–Trinajstić information content (AvgIpc) is 3.21. The number of hydrogen-bond acceptors (Lipinski definition) is 5. The molecule has 0 aliphatic heterocycles. The second kappa shape index (κ2) is 10.8. The first kappa shape index (κ1) is 24.7. The highest BCUT2D eigenvalue weighted by Crippen LogP contribution is 2.37. The van der Waals surface area contributed by atoms with Crippen LogP contribution in [0.3, 0.4) is 0 Å². The molecule has 1 N–H and O–H groups in total. The molecule has 3 rings (SSSR count). The lowest BCUT2D eigenvalue weighted by Crippen LogP contribution is -2.33. The van der Waals surface area contributed by atoms with Crippen molar-refractivity contribution in [2.75, 3.05) is 13.7 Å². The Morgan fingerprint density at radius 1 is 1.15 bits per heavy atom. The van der Waals surface area contributed by atoms with Crippen molar-refractivity contribution in [1.82, 2.24) is 5.32 Å². The number of methoxy groups -OCH3 is 1. The van der Waals surface area contributed by atoms with Crippen molar-refractivity contribution in [3.8, 4) is 5.75 Å². The predicted octanol–water partition coefficient (Wildman–Crippen LogP) is 5.33. The van der Waals surface area contributed by atoms with Crippen LogP contribution in [-0.4, -0.2) is 37.1 Å². The van der Waals surface area contributed by atoms with Gasteiger partial charge in [0.05, 0.1) is 19.6 Å². The number of benzene rings is 2. The minimum atomic E-state index is -4.38. The second-order valence-electron chi connectivity index (χ2n) is 7.44. The van der Waals surface area contributed by atoms with Crippen LogP contribution in [0.2, 0.25) is 0 Å². The molecule has 1 aliphatic carbocycles. The average molecular weight is 480 g/mol. The zero-order chi connectivity index (χ0) is 24.0. The Morgan fingerprint density at radius 2 is 1.88 bits per heavy atom. The molecule has 0 aromatic heterocycles. The summed E-state index contributed by atoms with van der Waals surface area (Å²) in [5, 5.41) is 2.86. The number of amides is 1. The van der Waals surface area contributed by atoms with Crippen molar-refractivity contribution in [2.45, 2.75) is 35.7 Å². The van der Waals surface area contributed by atoms with E-state index >= 15 is 0 Å². The number of halogens is 3. The number of carbonyl (C=O) groups is 2. The summed E-state index contributed by atoms with van der Waals surface area (Å²) in [7, 11) is 1.55. The summed E-state index contributed by atoms with van der Waals surface area (Å²) in [6.07, 6.45) is 4.19. The highest BCUT2D eigenvalue weighted by atomic mass is 32.2. The summed E-state index contributed by atoms with van der Waals surface area (Å²) in [4.78, 5) is 25.3. The summed E-state index contributed by atoms with van der Waals surface area (Å²) in [6, 6.07) is 12.1. The van der Waals surface area contributed by atoms with E-state index in [1.807, 2.05) is 18.2 Å². The monoisotopic (exact) mass is 479 g/mol. The third-order valence-corrected chi connectivity index (χ3v) is 5.94. The lowest BCUT2D eigenvalue weighted by molar-refractivity contribution is -0.146. The number of esters is 1. The van der Waals surface area contributed by atoms with E-state index in [0.717, 1.165) is 5.56 Å². The Bertz CT molecular complexity index is 1010. The molecule has 176 valence electrons. The molecule has 0 radical (unpaired) electrons. The summed E-state index contributed by atoms with van der Waals surface area (Å²) in [5.41, 5.74) is -3.37. The van der Waals surface area contributed by atoms with Gasteiger partial charge in [-0.3, -0.25) is 9.59 Å². The largest absolute Gasteiger partial charge is 0.497 e. The van der Waals surface area contributed by atoms with Crippen LogP contribution in [0.25, 0.3) is 0 Å². The third-order valence-electron chi connectivity index (χ3n) is 5.20. The van der Waals surface area contributed by atoms with Crippen molar-refractivity contribution in [1.29, 1.82) is 0 Å².